The van der Waals surface area contributed by atoms with Gasteiger partial charge >= 0.3 is 5.97 Å². The van der Waals surface area contributed by atoms with Gasteiger partial charge in [0.2, 0.25) is 0 Å². The van der Waals surface area contributed by atoms with Crippen LogP contribution < -0.4 is 9.47 Å². The summed E-state index contributed by atoms with van der Waals surface area (Å²) in [6.07, 6.45) is 2.75. The van der Waals surface area contributed by atoms with Crippen molar-refractivity contribution in [2.75, 3.05) is 14.2 Å². The van der Waals surface area contributed by atoms with E-state index in [-0.39, 0.29) is 11.1 Å². The van der Waals surface area contributed by atoms with E-state index in [4.69, 9.17) is 14.3 Å². The zero-order valence-electron chi connectivity index (χ0n) is 16.3. The normalized spacial score (nSPS) is 17.2. The van der Waals surface area contributed by atoms with Gasteiger partial charge < -0.3 is 14.3 Å². The fraction of sp³-hybridized carbons (Fsp3) is 0.318. The molecule has 0 saturated heterocycles. The van der Waals surface area contributed by atoms with Crippen LogP contribution in [0, 0.1) is 0 Å². The number of nitrogens with zero attached hydrogens (tertiary/aromatic N) is 1. The summed E-state index contributed by atoms with van der Waals surface area (Å²) in [5.74, 6) is -0.774. The summed E-state index contributed by atoms with van der Waals surface area (Å²) >= 11 is 0. The Morgan fingerprint density at radius 1 is 0.897 bits per heavy atom. The van der Waals surface area contributed by atoms with Crippen molar-refractivity contribution < 1.29 is 28.7 Å². The highest BCUT2D eigenvalue weighted by Crippen LogP contribution is 2.45. The zero-order valence-corrected chi connectivity index (χ0v) is 16.3. The van der Waals surface area contributed by atoms with Gasteiger partial charge in [0.15, 0.2) is 0 Å². The minimum Gasteiger partial charge on any atom is -0.497 e. The van der Waals surface area contributed by atoms with Gasteiger partial charge in [-0.05, 0) is 42.7 Å². The number of hydrogen-bond donors (Lipinski definition) is 0. The predicted octanol–water partition coefficient (Wildman–Crippen LogP) is 3.27. The van der Waals surface area contributed by atoms with Gasteiger partial charge in [0, 0.05) is 6.07 Å². The second-order valence-corrected chi connectivity index (χ2v) is 7.22. The number of imide groups is 1. The van der Waals surface area contributed by atoms with Crippen LogP contribution in [0.15, 0.2) is 42.5 Å². The molecule has 1 aliphatic carbocycles. The number of hydroxylamine groups is 2. The van der Waals surface area contributed by atoms with Gasteiger partial charge in [-0.15, -0.1) is 0 Å². The molecule has 0 unspecified atom stereocenters. The lowest BCUT2D eigenvalue weighted by molar-refractivity contribution is -0.175. The maximum Gasteiger partial charge on any atom is 0.343 e. The molecule has 2 aliphatic rings. The first-order chi connectivity index (χ1) is 14.0. The lowest BCUT2D eigenvalue weighted by atomic mass is 9.79. The standard InChI is InChI=1S/C22H21NO6/c1-27-15-11-14(12-16(13-15)28-2)22(9-5-6-10-22)21(26)29-23-19(24)17-7-3-4-8-18(17)20(23)25/h3-4,7-8,11-13H,5-6,9-10H2,1-2H3. The van der Waals surface area contributed by atoms with Crippen molar-refractivity contribution in [1.29, 1.82) is 0 Å². The quantitative estimate of drug-likeness (QED) is 0.723. The van der Waals surface area contributed by atoms with Crippen LogP contribution in [0.25, 0.3) is 0 Å². The van der Waals surface area contributed by atoms with E-state index < -0.39 is 23.2 Å². The van der Waals surface area contributed by atoms with Crippen molar-refractivity contribution in [2.45, 2.75) is 31.1 Å². The minimum absolute atomic E-state index is 0.230. The van der Waals surface area contributed by atoms with Crippen LogP contribution in [0.1, 0.15) is 52.0 Å². The molecule has 4 rings (SSSR count). The van der Waals surface area contributed by atoms with Crippen molar-refractivity contribution in [3.05, 3.63) is 59.2 Å². The molecule has 0 spiro atoms. The number of benzene rings is 2. The van der Waals surface area contributed by atoms with Crippen LogP contribution in [0.4, 0.5) is 0 Å². The highest BCUT2D eigenvalue weighted by atomic mass is 16.7. The van der Waals surface area contributed by atoms with Crippen molar-refractivity contribution in [2.24, 2.45) is 0 Å². The molecular formula is C22H21NO6. The molecule has 1 fully saturated rings. The third-order valence-corrected chi connectivity index (χ3v) is 5.68. The predicted molar refractivity (Wildman–Crippen MR) is 103 cm³/mol. The van der Waals surface area contributed by atoms with E-state index in [0.717, 1.165) is 12.8 Å². The second kappa shape index (κ2) is 7.24. The summed E-state index contributed by atoms with van der Waals surface area (Å²) in [6, 6.07) is 11.7. The Bertz CT molecular complexity index is 935. The van der Waals surface area contributed by atoms with Crippen molar-refractivity contribution in [1.82, 2.24) is 5.06 Å². The van der Waals surface area contributed by atoms with Crippen molar-refractivity contribution in [3.63, 3.8) is 0 Å². The lowest BCUT2D eigenvalue weighted by Crippen LogP contribution is -2.42. The molecule has 0 atom stereocenters. The molecule has 0 aromatic heterocycles. The number of rotatable bonds is 5. The van der Waals surface area contributed by atoms with Gasteiger partial charge in [-0.1, -0.05) is 30.0 Å². The topological polar surface area (TPSA) is 82.1 Å². The van der Waals surface area contributed by atoms with E-state index in [1.165, 1.54) is 14.2 Å². The molecule has 0 N–H and O–H groups in total. The Labute approximate surface area is 168 Å². The Kier molecular flexibility index (Phi) is 4.74. The van der Waals surface area contributed by atoms with Gasteiger partial charge in [0.25, 0.3) is 11.8 Å². The Morgan fingerprint density at radius 2 is 1.41 bits per heavy atom. The van der Waals surface area contributed by atoms with Crippen LogP contribution in [0.2, 0.25) is 0 Å². The molecule has 1 aliphatic heterocycles. The number of methoxy groups -OCH3 is 2. The van der Waals surface area contributed by atoms with Gasteiger partial charge in [-0.2, -0.15) is 0 Å². The second-order valence-electron chi connectivity index (χ2n) is 7.22. The van der Waals surface area contributed by atoms with Gasteiger partial charge in [-0.25, -0.2) is 4.79 Å². The summed E-state index contributed by atoms with van der Waals surface area (Å²) in [5, 5.41) is 0.574. The number of fused-ring (bicyclic) bond motifs is 1. The summed E-state index contributed by atoms with van der Waals surface area (Å²) < 4.78 is 10.7. The maximum atomic E-state index is 13.3. The SMILES string of the molecule is COc1cc(OC)cc(C2(C(=O)ON3C(=O)c4ccccc4C3=O)CCCC2)c1. The number of carbonyl (C=O) groups is 3. The summed E-state index contributed by atoms with van der Waals surface area (Å²) in [4.78, 5) is 43.9. The van der Waals surface area contributed by atoms with Crippen molar-refractivity contribution in [3.8, 4) is 11.5 Å². The first-order valence-electron chi connectivity index (χ1n) is 9.44. The summed E-state index contributed by atoms with van der Waals surface area (Å²) in [5.41, 5.74) is 0.174. The van der Waals surface area contributed by atoms with Gasteiger partial charge in [0.1, 0.15) is 11.5 Å². The van der Waals surface area contributed by atoms with E-state index in [1.54, 1.807) is 42.5 Å². The third kappa shape index (κ3) is 3.03. The van der Waals surface area contributed by atoms with Gasteiger partial charge in [-0.3, -0.25) is 9.59 Å². The molecule has 7 nitrogen and oxygen atoms in total. The molecule has 2 amide bonds. The van der Waals surface area contributed by atoms with E-state index in [1.807, 2.05) is 0 Å². The van der Waals surface area contributed by atoms with E-state index in [0.29, 0.717) is 35.0 Å². The summed E-state index contributed by atoms with van der Waals surface area (Å²) in [6.45, 7) is 0. The van der Waals surface area contributed by atoms with Crippen LogP contribution in [0.5, 0.6) is 11.5 Å². The van der Waals surface area contributed by atoms with E-state index in [2.05, 4.69) is 0 Å². The number of amides is 2. The Hall–Kier alpha value is -3.35. The number of hydrogen-bond acceptors (Lipinski definition) is 6. The van der Waals surface area contributed by atoms with E-state index in [9.17, 15) is 14.4 Å². The molecule has 1 saturated carbocycles. The number of carbonyl (C=O) groups excluding carboxylic acids is 3. The van der Waals surface area contributed by atoms with Gasteiger partial charge in [0.05, 0.1) is 30.8 Å². The van der Waals surface area contributed by atoms with Crippen LogP contribution in [-0.2, 0) is 15.0 Å². The highest BCUT2D eigenvalue weighted by Gasteiger charge is 2.48. The molecule has 1 heterocycles. The fourth-order valence-electron chi connectivity index (χ4n) is 4.09. The number of ether oxygens (including phenoxy) is 2. The zero-order chi connectivity index (χ0) is 20.6. The summed E-state index contributed by atoms with van der Waals surface area (Å²) in [7, 11) is 3.08. The van der Waals surface area contributed by atoms with Crippen molar-refractivity contribution >= 4 is 17.8 Å². The molecule has 29 heavy (non-hydrogen) atoms. The molecule has 0 bridgehead atoms. The molecule has 0 radical (unpaired) electrons. The molecule has 7 heteroatoms. The smallest absolute Gasteiger partial charge is 0.343 e. The molecule has 2 aromatic carbocycles. The maximum absolute atomic E-state index is 13.3. The average molecular weight is 395 g/mol. The Morgan fingerprint density at radius 3 is 1.90 bits per heavy atom. The van der Waals surface area contributed by atoms with Crippen LogP contribution >= 0.6 is 0 Å². The lowest BCUT2D eigenvalue weighted by Gasteiger charge is -2.29. The third-order valence-electron chi connectivity index (χ3n) is 5.68. The highest BCUT2D eigenvalue weighted by molar-refractivity contribution is 6.21. The first-order valence-corrected chi connectivity index (χ1v) is 9.44. The minimum atomic E-state index is -0.975. The monoisotopic (exact) mass is 395 g/mol. The van der Waals surface area contributed by atoms with E-state index >= 15 is 0 Å². The molecule has 2 aromatic rings. The Balaban J connectivity index is 1.68. The fourth-order valence-corrected chi connectivity index (χ4v) is 4.09. The largest absolute Gasteiger partial charge is 0.497 e. The van der Waals surface area contributed by atoms with Crippen LogP contribution in [-0.4, -0.2) is 37.1 Å². The average Bonchev–Trinajstić information content (AvgIpc) is 3.34. The van der Waals surface area contributed by atoms with Crippen LogP contribution in [0.3, 0.4) is 0 Å². The molecular weight excluding hydrogens is 374 g/mol. The first kappa shape index (κ1) is 19.0. The molecule has 150 valence electrons.